The van der Waals surface area contributed by atoms with E-state index in [1.165, 1.54) is 0 Å². The van der Waals surface area contributed by atoms with Crippen LogP contribution in [0.3, 0.4) is 0 Å². The van der Waals surface area contributed by atoms with Crippen molar-refractivity contribution in [3.05, 3.63) is 24.2 Å². The van der Waals surface area contributed by atoms with E-state index in [4.69, 9.17) is 28.4 Å². The van der Waals surface area contributed by atoms with Crippen LogP contribution in [0.15, 0.2) is 22.8 Å². The minimum atomic E-state index is -0.876. The lowest BCUT2D eigenvalue weighted by Crippen LogP contribution is -2.70. The lowest BCUT2D eigenvalue weighted by Gasteiger charge is -2.59. The topological polar surface area (TPSA) is 105 Å². The normalized spacial score (nSPS) is 41.7. The molecule has 1 aromatic rings. The molecular formula is C24H33NO8. The van der Waals surface area contributed by atoms with E-state index in [0.717, 1.165) is 25.7 Å². The van der Waals surface area contributed by atoms with Gasteiger partial charge in [-0.1, -0.05) is 13.8 Å². The van der Waals surface area contributed by atoms with E-state index in [0.29, 0.717) is 11.7 Å². The number of carbonyl (C=O) groups excluding carboxylic acids is 2. The van der Waals surface area contributed by atoms with Gasteiger partial charge < -0.3 is 23.9 Å². The predicted octanol–water partition coefficient (Wildman–Crippen LogP) is 3.43. The zero-order valence-electron chi connectivity index (χ0n) is 19.4. The van der Waals surface area contributed by atoms with Crippen molar-refractivity contribution >= 4 is 11.9 Å². The molecule has 0 radical (unpaired) electrons. The summed E-state index contributed by atoms with van der Waals surface area (Å²) in [5, 5.41) is 2.73. The van der Waals surface area contributed by atoms with Gasteiger partial charge in [-0.3, -0.25) is 9.59 Å². The highest BCUT2D eigenvalue weighted by Crippen LogP contribution is 2.60. The number of furan rings is 1. The Kier molecular flexibility index (Phi) is 6.01. The van der Waals surface area contributed by atoms with Crippen molar-refractivity contribution in [1.82, 2.24) is 5.32 Å². The largest absolute Gasteiger partial charge is 0.467 e. The zero-order chi connectivity index (χ0) is 23.2. The average Bonchev–Trinajstić information content (AvgIpc) is 3.21. The van der Waals surface area contributed by atoms with E-state index in [1.54, 1.807) is 18.4 Å². The van der Waals surface area contributed by atoms with Gasteiger partial charge in [0.2, 0.25) is 18.0 Å². The second-order valence-electron chi connectivity index (χ2n) is 10.1. The Bertz CT molecular complexity index is 874. The van der Waals surface area contributed by atoms with Gasteiger partial charge in [0.1, 0.15) is 5.76 Å². The quantitative estimate of drug-likeness (QED) is 0.505. The minimum absolute atomic E-state index is 0.0303. The third-order valence-corrected chi connectivity index (χ3v) is 7.94. The fourth-order valence-corrected chi connectivity index (χ4v) is 6.10. The molecular weight excluding hydrogens is 430 g/mol. The SMILES string of the molecule is C[C@H]1[C@H](OC(=O)CCC(=O)NCc2ccco2)O[C@@H]2O[C@]3(C)CC[C@H]4[C@H](C)CC[C@@H]1[C@@]24OO3. The van der Waals surface area contributed by atoms with Gasteiger partial charge in [0.25, 0.3) is 0 Å². The van der Waals surface area contributed by atoms with E-state index < -0.39 is 29.9 Å². The van der Waals surface area contributed by atoms with E-state index in [1.807, 2.05) is 13.8 Å². The van der Waals surface area contributed by atoms with Crippen molar-refractivity contribution in [3.63, 3.8) is 0 Å². The van der Waals surface area contributed by atoms with E-state index >= 15 is 0 Å². The molecule has 6 rings (SSSR count). The Morgan fingerprint density at radius 3 is 2.79 bits per heavy atom. The van der Waals surface area contributed by atoms with Gasteiger partial charge in [0.15, 0.2) is 11.9 Å². The Morgan fingerprint density at radius 2 is 2.00 bits per heavy atom. The predicted molar refractivity (Wildman–Crippen MR) is 113 cm³/mol. The molecule has 5 heterocycles. The smallest absolute Gasteiger partial charge is 0.308 e. The molecule has 9 heteroatoms. The van der Waals surface area contributed by atoms with E-state index in [-0.39, 0.29) is 43.0 Å². The maximum Gasteiger partial charge on any atom is 0.308 e. The van der Waals surface area contributed by atoms with Crippen LogP contribution >= 0.6 is 0 Å². The number of fused-ring (bicyclic) bond motifs is 2. The number of carbonyl (C=O) groups is 2. The number of ether oxygens (including phenoxy) is 3. The first-order chi connectivity index (χ1) is 15.8. The third-order valence-electron chi connectivity index (χ3n) is 7.94. The van der Waals surface area contributed by atoms with Gasteiger partial charge in [0.05, 0.1) is 19.2 Å². The third kappa shape index (κ3) is 4.09. The van der Waals surface area contributed by atoms with Crippen LogP contribution in [0.1, 0.15) is 65.1 Å². The molecule has 1 aliphatic carbocycles. The molecule has 4 saturated heterocycles. The molecule has 8 atom stereocenters. The molecule has 1 aromatic heterocycles. The summed E-state index contributed by atoms with van der Waals surface area (Å²) in [6.45, 7) is 6.43. The van der Waals surface area contributed by atoms with Crippen LogP contribution in [0, 0.1) is 23.7 Å². The van der Waals surface area contributed by atoms with Crippen LogP contribution in [-0.4, -0.2) is 35.8 Å². The molecule has 1 spiro atoms. The fraction of sp³-hybridized carbons (Fsp3) is 0.750. The zero-order valence-corrected chi connectivity index (χ0v) is 19.4. The standard InChI is InChI=1S/C24H33NO8/c1-14-6-7-18-15(2)21(29-20(27)9-8-19(26)25-13-16-5-4-12-28-16)30-22-24(18)17(14)10-11-23(3,31-22)32-33-24/h4-5,12,14-15,17-18,21-22H,6-11,13H2,1-3H3,(H,25,26)/t14-,15-,17+,18+,21-,22-,23+,24-/m1/s1. The summed E-state index contributed by atoms with van der Waals surface area (Å²) in [7, 11) is 0. The Morgan fingerprint density at radius 1 is 1.15 bits per heavy atom. The number of amides is 1. The average molecular weight is 464 g/mol. The van der Waals surface area contributed by atoms with Crippen LogP contribution in [0.25, 0.3) is 0 Å². The highest BCUT2D eigenvalue weighted by molar-refractivity contribution is 5.81. The molecule has 4 aliphatic heterocycles. The lowest BCUT2D eigenvalue weighted by atomic mass is 9.58. The monoisotopic (exact) mass is 463 g/mol. The molecule has 33 heavy (non-hydrogen) atoms. The van der Waals surface area contributed by atoms with E-state index in [2.05, 4.69) is 12.2 Å². The summed E-state index contributed by atoms with van der Waals surface area (Å²) in [4.78, 5) is 36.5. The van der Waals surface area contributed by atoms with Crippen molar-refractivity contribution in [3.8, 4) is 0 Å². The number of hydrogen-bond donors (Lipinski definition) is 1. The summed E-state index contributed by atoms with van der Waals surface area (Å²) in [5.41, 5.74) is -0.693. The lowest BCUT2D eigenvalue weighted by molar-refractivity contribution is -0.576. The molecule has 1 amide bonds. The summed E-state index contributed by atoms with van der Waals surface area (Å²) < 4.78 is 23.4. The molecule has 0 unspecified atom stereocenters. The van der Waals surface area contributed by atoms with Gasteiger partial charge in [0, 0.05) is 24.7 Å². The molecule has 9 nitrogen and oxygen atoms in total. The fourth-order valence-electron chi connectivity index (χ4n) is 6.10. The second kappa shape index (κ2) is 8.69. The molecule has 1 N–H and O–H groups in total. The van der Waals surface area contributed by atoms with Crippen LogP contribution in [-0.2, 0) is 40.1 Å². The highest BCUT2D eigenvalue weighted by atomic mass is 17.3. The number of rotatable bonds is 6. The Balaban J connectivity index is 1.22. The summed E-state index contributed by atoms with van der Waals surface area (Å²) in [6.07, 6.45) is 3.78. The maximum atomic E-state index is 12.6. The highest BCUT2D eigenvalue weighted by Gasteiger charge is 2.69. The first-order valence-corrected chi connectivity index (χ1v) is 12.0. The first-order valence-electron chi connectivity index (χ1n) is 12.0. The molecule has 5 fully saturated rings. The van der Waals surface area contributed by atoms with Crippen LogP contribution in [0.4, 0.5) is 0 Å². The number of nitrogens with one attached hydrogen (secondary N) is 1. The van der Waals surface area contributed by atoms with Crippen molar-refractivity contribution in [2.45, 2.75) is 89.8 Å². The molecule has 182 valence electrons. The molecule has 0 aromatic carbocycles. The van der Waals surface area contributed by atoms with Gasteiger partial charge >= 0.3 is 5.97 Å². The van der Waals surface area contributed by atoms with Crippen molar-refractivity contribution in [1.29, 1.82) is 0 Å². The van der Waals surface area contributed by atoms with Crippen LogP contribution in [0.5, 0.6) is 0 Å². The van der Waals surface area contributed by atoms with Gasteiger partial charge in [-0.2, -0.15) is 0 Å². The van der Waals surface area contributed by atoms with Crippen molar-refractivity contribution in [2.75, 3.05) is 0 Å². The first kappa shape index (κ1) is 22.8. The maximum absolute atomic E-state index is 12.6. The molecule has 1 saturated carbocycles. The number of esters is 1. The Labute approximate surface area is 193 Å². The van der Waals surface area contributed by atoms with Crippen molar-refractivity contribution in [2.24, 2.45) is 23.7 Å². The summed E-state index contributed by atoms with van der Waals surface area (Å²) in [5.74, 6) is -0.239. The molecule has 5 aliphatic rings. The van der Waals surface area contributed by atoms with Crippen LogP contribution < -0.4 is 5.32 Å². The number of hydrogen-bond acceptors (Lipinski definition) is 8. The second-order valence-corrected chi connectivity index (χ2v) is 10.1. The van der Waals surface area contributed by atoms with Gasteiger partial charge in [-0.05, 0) is 50.2 Å². The molecule has 2 bridgehead atoms. The van der Waals surface area contributed by atoms with Crippen LogP contribution in [0.2, 0.25) is 0 Å². The van der Waals surface area contributed by atoms with Crippen molar-refractivity contribution < 1.29 is 38.0 Å². The minimum Gasteiger partial charge on any atom is -0.467 e. The van der Waals surface area contributed by atoms with Gasteiger partial charge in [-0.15, -0.1) is 0 Å². The van der Waals surface area contributed by atoms with Gasteiger partial charge in [-0.25, -0.2) is 9.78 Å². The summed E-state index contributed by atoms with van der Waals surface area (Å²) >= 11 is 0. The van der Waals surface area contributed by atoms with E-state index in [9.17, 15) is 9.59 Å². The Hall–Kier alpha value is -1.94. The summed E-state index contributed by atoms with van der Waals surface area (Å²) in [6, 6.07) is 3.53.